The number of carbonyl (C=O) groups is 2. The normalized spacial score (nSPS) is 18.6. The molecule has 1 heterocycles. The van der Waals surface area contributed by atoms with Gasteiger partial charge >= 0.3 is 0 Å². The quantitative estimate of drug-likeness (QED) is 0.857. The van der Waals surface area contributed by atoms with Crippen LogP contribution >= 0.6 is 11.8 Å². The summed E-state index contributed by atoms with van der Waals surface area (Å²) >= 11 is 1.22. The highest BCUT2D eigenvalue weighted by Crippen LogP contribution is 2.24. The van der Waals surface area contributed by atoms with E-state index in [9.17, 15) is 18.4 Å². The molecule has 20 heavy (non-hydrogen) atoms. The molecular formula is C14H15F2NO2S. The van der Waals surface area contributed by atoms with Gasteiger partial charge in [-0.2, -0.15) is 0 Å². The number of amides is 1. The van der Waals surface area contributed by atoms with Gasteiger partial charge in [0.05, 0.1) is 0 Å². The first kappa shape index (κ1) is 15.0. The summed E-state index contributed by atoms with van der Waals surface area (Å²) in [6, 6.07) is 3.65. The minimum atomic E-state index is -0.905. The van der Waals surface area contributed by atoms with Gasteiger partial charge in [0.25, 0.3) is 0 Å². The van der Waals surface area contributed by atoms with Gasteiger partial charge < -0.3 is 4.90 Å². The topological polar surface area (TPSA) is 37.4 Å². The first-order chi connectivity index (χ1) is 9.45. The van der Waals surface area contributed by atoms with E-state index >= 15 is 0 Å². The van der Waals surface area contributed by atoms with Gasteiger partial charge in [-0.05, 0) is 23.6 Å². The molecule has 1 aliphatic heterocycles. The lowest BCUT2D eigenvalue weighted by Crippen LogP contribution is -2.25. The molecule has 1 aromatic rings. The molecule has 6 heteroatoms. The van der Waals surface area contributed by atoms with Crippen molar-refractivity contribution in [3.05, 3.63) is 35.4 Å². The standard InChI is InChI=1S/C14H15F2NO2S/c1-9(18)20-8-11-5-14(19)17(7-11)6-10-2-3-12(15)13(16)4-10/h2-4,11H,5-8H2,1H3. The van der Waals surface area contributed by atoms with E-state index in [2.05, 4.69) is 0 Å². The number of likely N-dealkylation sites (tertiary alicyclic amines) is 1. The number of hydrogen-bond acceptors (Lipinski definition) is 3. The third-order valence-electron chi connectivity index (χ3n) is 3.17. The Labute approximate surface area is 120 Å². The zero-order valence-corrected chi connectivity index (χ0v) is 11.9. The minimum absolute atomic E-state index is 0.0103. The van der Waals surface area contributed by atoms with Crippen molar-refractivity contribution in [2.24, 2.45) is 5.92 Å². The Balaban J connectivity index is 1.94. The van der Waals surface area contributed by atoms with E-state index in [1.54, 1.807) is 4.90 Å². The van der Waals surface area contributed by atoms with Crippen LogP contribution in [0, 0.1) is 17.6 Å². The number of thioether (sulfide) groups is 1. The Kier molecular flexibility index (Phi) is 4.75. The zero-order chi connectivity index (χ0) is 14.7. The second kappa shape index (κ2) is 6.35. The van der Waals surface area contributed by atoms with Crippen LogP contribution in [0.1, 0.15) is 18.9 Å². The maximum atomic E-state index is 13.1. The number of rotatable bonds is 4. The van der Waals surface area contributed by atoms with E-state index in [0.29, 0.717) is 24.3 Å². The van der Waals surface area contributed by atoms with Crippen molar-refractivity contribution in [3.63, 3.8) is 0 Å². The molecule has 0 bridgehead atoms. The van der Waals surface area contributed by atoms with E-state index in [1.807, 2.05) is 0 Å². The molecule has 0 aliphatic carbocycles. The number of halogens is 2. The summed E-state index contributed by atoms with van der Waals surface area (Å²) in [7, 11) is 0. The van der Waals surface area contributed by atoms with Crippen LogP contribution in [0.4, 0.5) is 8.78 Å². The molecule has 1 saturated heterocycles. The Hall–Kier alpha value is -1.43. The van der Waals surface area contributed by atoms with Crippen molar-refractivity contribution in [2.45, 2.75) is 19.9 Å². The van der Waals surface area contributed by atoms with E-state index < -0.39 is 11.6 Å². The Bertz CT molecular complexity index is 536. The summed E-state index contributed by atoms with van der Waals surface area (Å²) < 4.78 is 26.0. The molecule has 1 fully saturated rings. The third-order valence-corrected chi connectivity index (χ3v) is 4.22. The second-order valence-electron chi connectivity index (χ2n) is 4.90. The highest BCUT2D eigenvalue weighted by atomic mass is 32.2. The molecule has 0 aromatic heterocycles. The van der Waals surface area contributed by atoms with Gasteiger partial charge in [-0.25, -0.2) is 8.78 Å². The molecule has 0 N–H and O–H groups in total. The molecular weight excluding hydrogens is 284 g/mol. The SMILES string of the molecule is CC(=O)SCC1CC(=O)N(Cc2ccc(F)c(F)c2)C1. The summed E-state index contributed by atoms with van der Waals surface area (Å²) in [5.74, 6) is -1.05. The molecule has 0 saturated carbocycles. The van der Waals surface area contributed by atoms with Crippen LogP contribution in [0.5, 0.6) is 0 Å². The molecule has 0 radical (unpaired) electrons. The first-order valence-corrected chi connectivity index (χ1v) is 7.29. The molecule has 1 amide bonds. The molecule has 0 spiro atoms. The molecule has 1 aromatic carbocycles. The number of carbonyl (C=O) groups excluding carboxylic acids is 2. The second-order valence-corrected chi connectivity index (χ2v) is 6.09. The maximum absolute atomic E-state index is 13.1. The van der Waals surface area contributed by atoms with Gasteiger partial charge in [0.2, 0.25) is 5.91 Å². The summed E-state index contributed by atoms with van der Waals surface area (Å²) in [5.41, 5.74) is 0.567. The smallest absolute Gasteiger partial charge is 0.223 e. The lowest BCUT2D eigenvalue weighted by atomic mass is 10.1. The molecule has 1 unspecified atom stereocenters. The minimum Gasteiger partial charge on any atom is -0.338 e. The summed E-state index contributed by atoms with van der Waals surface area (Å²) in [6.45, 7) is 2.33. The van der Waals surface area contributed by atoms with E-state index in [4.69, 9.17) is 0 Å². The van der Waals surface area contributed by atoms with Crippen molar-refractivity contribution >= 4 is 22.8 Å². The predicted octanol–water partition coefficient (Wildman–Crippen LogP) is 2.59. The molecule has 3 nitrogen and oxygen atoms in total. The highest BCUT2D eigenvalue weighted by molar-refractivity contribution is 8.13. The first-order valence-electron chi connectivity index (χ1n) is 6.30. The Morgan fingerprint density at radius 1 is 1.40 bits per heavy atom. The van der Waals surface area contributed by atoms with Crippen molar-refractivity contribution in [1.82, 2.24) is 4.90 Å². The lowest BCUT2D eigenvalue weighted by molar-refractivity contribution is -0.128. The van der Waals surface area contributed by atoms with Crippen LogP contribution in [-0.4, -0.2) is 28.2 Å². The van der Waals surface area contributed by atoms with Crippen LogP contribution in [0.3, 0.4) is 0 Å². The third kappa shape index (κ3) is 3.79. The van der Waals surface area contributed by atoms with E-state index in [1.165, 1.54) is 24.8 Å². The van der Waals surface area contributed by atoms with Crippen LogP contribution < -0.4 is 0 Å². The van der Waals surface area contributed by atoms with Crippen molar-refractivity contribution in [2.75, 3.05) is 12.3 Å². The number of hydrogen-bond donors (Lipinski definition) is 0. The van der Waals surface area contributed by atoms with Crippen LogP contribution in [0.2, 0.25) is 0 Å². The fourth-order valence-electron chi connectivity index (χ4n) is 2.21. The largest absolute Gasteiger partial charge is 0.338 e. The molecule has 1 aliphatic rings. The maximum Gasteiger partial charge on any atom is 0.223 e. The van der Waals surface area contributed by atoms with Crippen molar-refractivity contribution in [3.8, 4) is 0 Å². The Morgan fingerprint density at radius 3 is 2.80 bits per heavy atom. The zero-order valence-electron chi connectivity index (χ0n) is 11.1. The fourth-order valence-corrected chi connectivity index (χ4v) is 2.91. The van der Waals surface area contributed by atoms with Crippen molar-refractivity contribution < 1.29 is 18.4 Å². The van der Waals surface area contributed by atoms with Crippen LogP contribution in [0.15, 0.2) is 18.2 Å². The van der Waals surface area contributed by atoms with Gasteiger partial charge in [0, 0.05) is 32.2 Å². The Morgan fingerprint density at radius 2 is 2.15 bits per heavy atom. The number of benzene rings is 1. The molecule has 108 valence electrons. The van der Waals surface area contributed by atoms with Gasteiger partial charge in [0.15, 0.2) is 16.7 Å². The summed E-state index contributed by atoms with van der Waals surface area (Å²) in [5, 5.41) is 0.0384. The number of nitrogens with zero attached hydrogens (tertiary/aromatic N) is 1. The van der Waals surface area contributed by atoms with Gasteiger partial charge in [0.1, 0.15) is 0 Å². The lowest BCUT2D eigenvalue weighted by Gasteiger charge is -2.16. The average Bonchev–Trinajstić information content (AvgIpc) is 2.72. The van der Waals surface area contributed by atoms with Crippen LogP contribution in [0.25, 0.3) is 0 Å². The van der Waals surface area contributed by atoms with Gasteiger partial charge in [-0.3, -0.25) is 9.59 Å². The molecule has 2 rings (SSSR count). The summed E-state index contributed by atoms with van der Waals surface area (Å²) in [4.78, 5) is 24.4. The van der Waals surface area contributed by atoms with Gasteiger partial charge in [-0.15, -0.1) is 0 Å². The molecule has 1 atom stereocenters. The summed E-state index contributed by atoms with van der Waals surface area (Å²) in [6.07, 6.45) is 0.407. The monoisotopic (exact) mass is 299 g/mol. The van der Waals surface area contributed by atoms with E-state index in [0.717, 1.165) is 12.1 Å². The van der Waals surface area contributed by atoms with Crippen LogP contribution in [-0.2, 0) is 16.1 Å². The fraction of sp³-hybridized carbons (Fsp3) is 0.429. The van der Waals surface area contributed by atoms with Gasteiger partial charge in [-0.1, -0.05) is 17.8 Å². The van der Waals surface area contributed by atoms with E-state index in [-0.39, 0.29) is 23.5 Å². The average molecular weight is 299 g/mol. The predicted molar refractivity (Wildman–Crippen MR) is 73.0 cm³/mol. The van der Waals surface area contributed by atoms with Crippen molar-refractivity contribution in [1.29, 1.82) is 0 Å². The highest BCUT2D eigenvalue weighted by Gasteiger charge is 2.29.